The molecule has 128 valence electrons. The van der Waals surface area contributed by atoms with Gasteiger partial charge in [-0.15, -0.1) is 0 Å². The van der Waals surface area contributed by atoms with Crippen LogP contribution in [0.25, 0.3) is 11.3 Å². The Morgan fingerprint density at radius 3 is 3.20 bits per heavy atom. The summed E-state index contributed by atoms with van der Waals surface area (Å²) < 4.78 is 7.06. The zero-order valence-corrected chi connectivity index (χ0v) is 13.8. The smallest absolute Gasteiger partial charge is 0.269 e. The lowest BCUT2D eigenvalue weighted by Gasteiger charge is -2.23. The number of amides is 1. The van der Waals surface area contributed by atoms with E-state index in [1.807, 2.05) is 28.9 Å². The van der Waals surface area contributed by atoms with E-state index < -0.39 is 0 Å². The monoisotopic (exact) mass is 338 g/mol. The molecule has 2 aromatic heterocycles. The molecule has 0 bridgehead atoms. The van der Waals surface area contributed by atoms with Crippen molar-refractivity contribution in [2.45, 2.75) is 25.4 Å². The molecule has 1 aliphatic rings. The molecule has 8 nitrogen and oxygen atoms in total. The van der Waals surface area contributed by atoms with Crippen LogP contribution in [0, 0.1) is 0 Å². The van der Waals surface area contributed by atoms with E-state index in [4.69, 9.17) is 4.74 Å². The van der Waals surface area contributed by atoms with Crippen LogP contribution in [0.4, 0.5) is 0 Å². The van der Waals surface area contributed by atoms with E-state index in [-0.39, 0.29) is 11.9 Å². The standard InChI is InChI=1S/C17H18N6O2/c1-25-13-4-2-3-11(7-13)14-8-15(22-21-14)17(24)20-12-5-6-16-18-10-19-23(16)9-12/h2-4,7-8,10,12H,5-6,9H2,1H3,(H,20,24)(H,21,22). The van der Waals surface area contributed by atoms with Gasteiger partial charge in [0, 0.05) is 18.0 Å². The summed E-state index contributed by atoms with van der Waals surface area (Å²) in [7, 11) is 1.62. The van der Waals surface area contributed by atoms with Crippen LogP contribution in [0.15, 0.2) is 36.7 Å². The first-order valence-corrected chi connectivity index (χ1v) is 8.10. The van der Waals surface area contributed by atoms with E-state index in [1.54, 1.807) is 19.5 Å². The maximum absolute atomic E-state index is 12.5. The normalized spacial score (nSPS) is 16.3. The Morgan fingerprint density at radius 1 is 1.40 bits per heavy atom. The van der Waals surface area contributed by atoms with E-state index in [0.717, 1.165) is 30.0 Å². The quantitative estimate of drug-likeness (QED) is 0.750. The predicted octanol–water partition coefficient (Wildman–Crippen LogP) is 1.42. The molecule has 1 amide bonds. The fourth-order valence-electron chi connectivity index (χ4n) is 2.99. The third kappa shape index (κ3) is 3.10. The summed E-state index contributed by atoms with van der Waals surface area (Å²) in [6.07, 6.45) is 3.21. The summed E-state index contributed by atoms with van der Waals surface area (Å²) in [6.45, 7) is 0.637. The second-order valence-corrected chi connectivity index (χ2v) is 5.97. The van der Waals surface area contributed by atoms with Crippen molar-refractivity contribution in [2.24, 2.45) is 0 Å². The molecule has 3 aromatic rings. The number of hydrogen-bond acceptors (Lipinski definition) is 5. The fourth-order valence-corrected chi connectivity index (χ4v) is 2.99. The number of benzene rings is 1. The summed E-state index contributed by atoms with van der Waals surface area (Å²) in [5.41, 5.74) is 2.02. The minimum absolute atomic E-state index is 0.0327. The van der Waals surface area contributed by atoms with Crippen LogP contribution in [0.5, 0.6) is 5.75 Å². The number of aryl methyl sites for hydroxylation is 1. The highest BCUT2D eigenvalue weighted by Gasteiger charge is 2.22. The summed E-state index contributed by atoms with van der Waals surface area (Å²) in [5, 5.41) is 14.2. The third-order valence-electron chi connectivity index (χ3n) is 4.33. The van der Waals surface area contributed by atoms with E-state index in [0.29, 0.717) is 17.9 Å². The number of H-pyrrole nitrogens is 1. The SMILES string of the molecule is COc1cccc(-c2cc(C(=O)NC3CCc4ncnn4C3)[nH]n2)c1. The Labute approximate surface area is 144 Å². The summed E-state index contributed by atoms with van der Waals surface area (Å²) >= 11 is 0. The maximum atomic E-state index is 12.5. The van der Waals surface area contributed by atoms with Crippen molar-refractivity contribution >= 4 is 5.91 Å². The fraction of sp³-hybridized carbons (Fsp3) is 0.294. The van der Waals surface area contributed by atoms with E-state index in [9.17, 15) is 4.79 Å². The topological polar surface area (TPSA) is 97.7 Å². The molecule has 0 aliphatic carbocycles. The Balaban J connectivity index is 1.46. The zero-order chi connectivity index (χ0) is 17.2. The molecular formula is C17H18N6O2. The molecule has 1 aromatic carbocycles. The van der Waals surface area contributed by atoms with Crippen LogP contribution >= 0.6 is 0 Å². The number of aromatic amines is 1. The van der Waals surface area contributed by atoms with Gasteiger partial charge in [-0.3, -0.25) is 9.89 Å². The zero-order valence-electron chi connectivity index (χ0n) is 13.8. The van der Waals surface area contributed by atoms with Crippen LogP contribution in [-0.4, -0.2) is 44.0 Å². The van der Waals surface area contributed by atoms with Gasteiger partial charge in [-0.1, -0.05) is 12.1 Å². The second kappa shape index (κ2) is 6.39. The lowest BCUT2D eigenvalue weighted by Crippen LogP contribution is -2.41. The number of carbonyl (C=O) groups is 1. The highest BCUT2D eigenvalue weighted by atomic mass is 16.5. The van der Waals surface area contributed by atoms with E-state index >= 15 is 0 Å². The molecule has 0 saturated heterocycles. The minimum atomic E-state index is -0.171. The molecule has 0 fully saturated rings. The molecule has 25 heavy (non-hydrogen) atoms. The van der Waals surface area contributed by atoms with Gasteiger partial charge in [0.05, 0.1) is 19.3 Å². The van der Waals surface area contributed by atoms with Crippen molar-refractivity contribution in [1.29, 1.82) is 0 Å². The van der Waals surface area contributed by atoms with Gasteiger partial charge in [0.15, 0.2) is 0 Å². The number of rotatable bonds is 4. The number of methoxy groups -OCH3 is 1. The summed E-state index contributed by atoms with van der Waals surface area (Å²) in [6, 6.07) is 9.34. The largest absolute Gasteiger partial charge is 0.497 e. The van der Waals surface area contributed by atoms with Crippen molar-refractivity contribution in [1.82, 2.24) is 30.3 Å². The first-order valence-electron chi connectivity index (χ1n) is 8.10. The van der Waals surface area contributed by atoms with E-state index in [2.05, 4.69) is 25.6 Å². The Kier molecular flexibility index (Phi) is 3.93. The second-order valence-electron chi connectivity index (χ2n) is 5.97. The Hall–Kier alpha value is -3.16. The lowest BCUT2D eigenvalue weighted by molar-refractivity contribution is 0.0921. The van der Waals surface area contributed by atoms with Crippen molar-refractivity contribution < 1.29 is 9.53 Å². The highest BCUT2D eigenvalue weighted by Crippen LogP contribution is 2.22. The number of ether oxygens (including phenoxy) is 1. The van der Waals surface area contributed by atoms with Gasteiger partial charge in [0.2, 0.25) is 0 Å². The van der Waals surface area contributed by atoms with Gasteiger partial charge in [-0.2, -0.15) is 10.2 Å². The number of aromatic nitrogens is 5. The number of hydrogen-bond donors (Lipinski definition) is 2. The van der Waals surface area contributed by atoms with Gasteiger partial charge >= 0.3 is 0 Å². The number of carbonyl (C=O) groups excluding carboxylic acids is 1. The predicted molar refractivity (Wildman–Crippen MR) is 90.2 cm³/mol. The summed E-state index contributed by atoms with van der Waals surface area (Å²) in [4.78, 5) is 16.7. The molecule has 1 unspecified atom stereocenters. The average Bonchev–Trinajstić information content (AvgIpc) is 3.31. The molecule has 1 aliphatic heterocycles. The van der Waals surface area contributed by atoms with Crippen LogP contribution in [0.2, 0.25) is 0 Å². The summed E-state index contributed by atoms with van der Waals surface area (Å²) in [5.74, 6) is 1.54. The molecule has 0 spiro atoms. The van der Waals surface area contributed by atoms with Crippen molar-refractivity contribution in [3.05, 3.63) is 48.2 Å². The Morgan fingerprint density at radius 2 is 2.32 bits per heavy atom. The van der Waals surface area contributed by atoms with Crippen molar-refractivity contribution in [3.63, 3.8) is 0 Å². The van der Waals surface area contributed by atoms with Gasteiger partial charge in [-0.25, -0.2) is 9.67 Å². The van der Waals surface area contributed by atoms with Crippen molar-refractivity contribution in [2.75, 3.05) is 7.11 Å². The van der Waals surface area contributed by atoms with Crippen LogP contribution in [0.3, 0.4) is 0 Å². The van der Waals surface area contributed by atoms with Crippen LogP contribution in [0.1, 0.15) is 22.7 Å². The number of nitrogens with one attached hydrogen (secondary N) is 2. The van der Waals surface area contributed by atoms with Gasteiger partial charge in [-0.05, 0) is 24.6 Å². The first kappa shape index (κ1) is 15.4. The lowest BCUT2D eigenvalue weighted by atomic mass is 10.1. The van der Waals surface area contributed by atoms with Crippen molar-refractivity contribution in [3.8, 4) is 17.0 Å². The molecule has 0 saturated carbocycles. The first-order chi connectivity index (χ1) is 12.2. The molecule has 4 rings (SSSR count). The molecule has 0 radical (unpaired) electrons. The maximum Gasteiger partial charge on any atom is 0.269 e. The van der Waals surface area contributed by atoms with Gasteiger partial charge < -0.3 is 10.1 Å². The molecular weight excluding hydrogens is 320 g/mol. The van der Waals surface area contributed by atoms with Gasteiger partial charge in [0.1, 0.15) is 23.6 Å². The van der Waals surface area contributed by atoms with Gasteiger partial charge in [0.25, 0.3) is 5.91 Å². The third-order valence-corrected chi connectivity index (χ3v) is 4.33. The number of fused-ring (bicyclic) bond motifs is 1. The van der Waals surface area contributed by atoms with E-state index in [1.165, 1.54) is 0 Å². The minimum Gasteiger partial charge on any atom is -0.497 e. The molecule has 1 atom stereocenters. The van der Waals surface area contributed by atoms with Crippen LogP contribution < -0.4 is 10.1 Å². The molecule has 2 N–H and O–H groups in total. The molecule has 8 heteroatoms. The molecule has 3 heterocycles. The number of nitrogens with zero attached hydrogens (tertiary/aromatic N) is 4. The Bertz CT molecular complexity index is 900. The average molecular weight is 338 g/mol. The highest BCUT2D eigenvalue weighted by molar-refractivity contribution is 5.93. The van der Waals surface area contributed by atoms with Crippen LogP contribution in [-0.2, 0) is 13.0 Å².